The van der Waals surface area contributed by atoms with Crippen molar-refractivity contribution in [3.63, 3.8) is 0 Å². The second kappa shape index (κ2) is 8.35. The Balaban J connectivity index is 1.36. The number of aromatic nitrogens is 2. The van der Waals surface area contributed by atoms with Crippen molar-refractivity contribution in [2.45, 2.75) is 12.6 Å². The maximum atomic E-state index is 13.2. The Morgan fingerprint density at radius 3 is 2.65 bits per heavy atom. The molecule has 9 heteroatoms. The van der Waals surface area contributed by atoms with Crippen LogP contribution < -0.4 is 9.64 Å². The van der Waals surface area contributed by atoms with E-state index in [1.165, 1.54) is 12.1 Å². The molecule has 0 radical (unpaired) electrons. The van der Waals surface area contributed by atoms with Crippen LogP contribution in [0, 0.1) is 5.82 Å². The normalized spacial score (nSPS) is 18.4. The van der Waals surface area contributed by atoms with Crippen LogP contribution in [0.15, 0.2) is 52.9 Å². The van der Waals surface area contributed by atoms with Crippen molar-refractivity contribution in [2.75, 3.05) is 37.7 Å². The van der Waals surface area contributed by atoms with Gasteiger partial charge in [-0.2, -0.15) is 0 Å². The van der Waals surface area contributed by atoms with Gasteiger partial charge in [0.2, 0.25) is 11.8 Å². The maximum absolute atomic E-state index is 13.2. The number of hydrogen-bond donors (Lipinski definition) is 0. The zero-order valence-electron chi connectivity index (χ0n) is 16.7. The van der Waals surface area contributed by atoms with Crippen molar-refractivity contribution < 1.29 is 23.1 Å². The number of carbonyl (C=O) groups is 1. The Morgan fingerprint density at radius 2 is 1.84 bits per heavy atom. The highest BCUT2D eigenvalue weighted by Crippen LogP contribution is 2.34. The minimum Gasteiger partial charge on any atom is -0.477 e. The topological polar surface area (TPSA) is 80.9 Å². The molecule has 8 nitrogen and oxygen atoms in total. The largest absolute Gasteiger partial charge is 0.477 e. The summed E-state index contributed by atoms with van der Waals surface area (Å²) in [5, 5.41) is 8.22. The molecule has 2 aromatic carbocycles. The average molecular weight is 424 g/mol. The van der Waals surface area contributed by atoms with Gasteiger partial charge in [-0.25, -0.2) is 4.39 Å². The Morgan fingerprint density at radius 1 is 1.06 bits per heavy atom. The fourth-order valence-electron chi connectivity index (χ4n) is 3.76. The number of nitrogens with zero attached hydrogens (tertiary/aromatic N) is 4. The van der Waals surface area contributed by atoms with Crippen molar-refractivity contribution in [1.82, 2.24) is 15.1 Å². The third-order valence-electron chi connectivity index (χ3n) is 5.34. The molecule has 5 rings (SSSR count). The van der Waals surface area contributed by atoms with E-state index < -0.39 is 6.10 Å². The second-order valence-electron chi connectivity index (χ2n) is 7.40. The van der Waals surface area contributed by atoms with Gasteiger partial charge in [-0.3, -0.25) is 4.79 Å². The molecule has 1 saturated heterocycles. The number of fused-ring (bicyclic) bond motifs is 1. The van der Waals surface area contributed by atoms with Crippen molar-refractivity contribution in [3.8, 4) is 17.2 Å². The molecule has 2 aliphatic heterocycles. The van der Waals surface area contributed by atoms with Crippen LogP contribution in [0.25, 0.3) is 11.5 Å². The summed E-state index contributed by atoms with van der Waals surface area (Å²) in [6, 6.07) is 13.4. The number of para-hydroxylation sites is 2. The first kappa shape index (κ1) is 19.5. The van der Waals surface area contributed by atoms with Gasteiger partial charge in [-0.05, 0) is 36.4 Å². The van der Waals surface area contributed by atoms with Crippen LogP contribution >= 0.6 is 0 Å². The van der Waals surface area contributed by atoms with Gasteiger partial charge in [0.05, 0.1) is 32.0 Å². The van der Waals surface area contributed by atoms with E-state index >= 15 is 0 Å². The van der Waals surface area contributed by atoms with Crippen LogP contribution in [-0.4, -0.2) is 60.0 Å². The van der Waals surface area contributed by atoms with Crippen molar-refractivity contribution in [3.05, 3.63) is 60.2 Å². The zero-order chi connectivity index (χ0) is 21.2. The average Bonchev–Trinajstić information content (AvgIpc) is 3.28. The van der Waals surface area contributed by atoms with Crippen molar-refractivity contribution in [1.29, 1.82) is 0 Å². The standard InChI is InChI=1S/C22H21FN4O4/c23-16-7-5-15(6-8-16)21-25-24-20(31-21)14-27-13-19(22(28)26-9-11-29-12-10-26)30-18-4-2-1-3-17(18)27/h1-8,19H,9-14H2. The molecule has 1 unspecified atom stereocenters. The number of carbonyl (C=O) groups excluding carboxylic acids is 1. The summed E-state index contributed by atoms with van der Waals surface area (Å²) < 4.78 is 30.3. The molecular formula is C22H21FN4O4. The van der Waals surface area contributed by atoms with Crippen molar-refractivity contribution in [2.24, 2.45) is 0 Å². The first-order valence-electron chi connectivity index (χ1n) is 10.1. The number of anilines is 1. The lowest BCUT2D eigenvalue weighted by Crippen LogP contribution is -2.52. The molecular weight excluding hydrogens is 403 g/mol. The summed E-state index contributed by atoms with van der Waals surface area (Å²) in [6.07, 6.45) is -0.632. The highest BCUT2D eigenvalue weighted by atomic mass is 19.1. The number of morpholine rings is 1. The van der Waals surface area contributed by atoms with Crippen LogP contribution in [-0.2, 0) is 16.1 Å². The lowest BCUT2D eigenvalue weighted by atomic mass is 10.1. The van der Waals surface area contributed by atoms with E-state index in [-0.39, 0.29) is 11.7 Å². The minimum atomic E-state index is -0.632. The third-order valence-corrected chi connectivity index (χ3v) is 5.34. The number of halogens is 1. The van der Waals surface area contributed by atoms with Crippen LogP contribution in [0.3, 0.4) is 0 Å². The van der Waals surface area contributed by atoms with Gasteiger partial charge in [0.15, 0.2) is 6.10 Å². The first-order valence-corrected chi connectivity index (χ1v) is 10.1. The SMILES string of the molecule is O=C(C1CN(Cc2nnc(-c3ccc(F)cc3)o2)c2ccccc2O1)N1CCOCC1. The highest BCUT2D eigenvalue weighted by molar-refractivity contribution is 5.83. The molecule has 0 bridgehead atoms. The molecule has 3 aromatic rings. The lowest BCUT2D eigenvalue weighted by molar-refractivity contribution is -0.142. The van der Waals surface area contributed by atoms with E-state index in [1.807, 2.05) is 29.2 Å². The van der Waals surface area contributed by atoms with Gasteiger partial charge in [-0.1, -0.05) is 12.1 Å². The smallest absolute Gasteiger partial charge is 0.265 e. The number of ether oxygens (including phenoxy) is 2. The molecule has 1 amide bonds. The quantitative estimate of drug-likeness (QED) is 0.637. The molecule has 3 heterocycles. The van der Waals surface area contributed by atoms with Crippen molar-refractivity contribution >= 4 is 11.6 Å². The van der Waals surface area contributed by atoms with Gasteiger partial charge in [0.1, 0.15) is 11.6 Å². The van der Waals surface area contributed by atoms with Gasteiger partial charge in [-0.15, -0.1) is 10.2 Å². The molecule has 0 saturated carbocycles. The van der Waals surface area contributed by atoms with Gasteiger partial charge >= 0.3 is 0 Å². The van der Waals surface area contributed by atoms with E-state index in [0.29, 0.717) is 62.5 Å². The van der Waals surface area contributed by atoms with E-state index in [0.717, 1.165) is 5.69 Å². The van der Waals surface area contributed by atoms with Gasteiger partial charge in [0.25, 0.3) is 5.91 Å². The first-order chi connectivity index (χ1) is 15.2. The summed E-state index contributed by atoms with van der Waals surface area (Å²) >= 11 is 0. The zero-order valence-corrected chi connectivity index (χ0v) is 16.7. The maximum Gasteiger partial charge on any atom is 0.265 e. The van der Waals surface area contributed by atoms with E-state index in [9.17, 15) is 9.18 Å². The fraction of sp³-hybridized carbons (Fsp3) is 0.318. The van der Waals surface area contributed by atoms with E-state index in [1.54, 1.807) is 17.0 Å². The number of benzene rings is 2. The molecule has 0 spiro atoms. The Hall–Kier alpha value is -3.46. The fourth-order valence-corrected chi connectivity index (χ4v) is 3.76. The molecule has 1 aromatic heterocycles. The van der Waals surface area contributed by atoms with Gasteiger partial charge < -0.3 is 23.7 Å². The summed E-state index contributed by atoms with van der Waals surface area (Å²) in [7, 11) is 0. The summed E-state index contributed by atoms with van der Waals surface area (Å²) in [5.74, 6) is 0.967. The van der Waals surface area contributed by atoms with E-state index in [2.05, 4.69) is 10.2 Å². The summed E-state index contributed by atoms with van der Waals surface area (Å²) in [4.78, 5) is 16.8. The van der Waals surface area contributed by atoms with Crippen LogP contribution in [0.4, 0.5) is 10.1 Å². The highest BCUT2D eigenvalue weighted by Gasteiger charge is 2.34. The molecule has 2 aliphatic rings. The molecule has 0 aliphatic carbocycles. The van der Waals surface area contributed by atoms with Crippen LogP contribution in [0.5, 0.6) is 5.75 Å². The molecule has 160 valence electrons. The predicted octanol–water partition coefficient (Wildman–Crippen LogP) is 2.50. The lowest BCUT2D eigenvalue weighted by Gasteiger charge is -2.37. The monoisotopic (exact) mass is 424 g/mol. The van der Waals surface area contributed by atoms with Crippen LogP contribution in [0.2, 0.25) is 0 Å². The summed E-state index contributed by atoms with van der Waals surface area (Å²) in [6.45, 7) is 2.87. The molecule has 0 N–H and O–H groups in total. The van der Waals surface area contributed by atoms with E-state index in [4.69, 9.17) is 13.9 Å². The second-order valence-corrected chi connectivity index (χ2v) is 7.40. The molecule has 31 heavy (non-hydrogen) atoms. The van der Waals surface area contributed by atoms with Crippen LogP contribution in [0.1, 0.15) is 5.89 Å². The minimum absolute atomic E-state index is 0.0552. The number of rotatable bonds is 4. The molecule has 1 fully saturated rings. The Kier molecular flexibility index (Phi) is 5.25. The summed E-state index contributed by atoms with van der Waals surface area (Å²) in [5.41, 5.74) is 1.50. The number of hydrogen-bond acceptors (Lipinski definition) is 7. The Labute approximate surface area is 178 Å². The predicted molar refractivity (Wildman–Crippen MR) is 109 cm³/mol. The number of amides is 1. The third kappa shape index (κ3) is 4.09. The molecule has 1 atom stereocenters. The Bertz CT molecular complexity index is 1070. The van der Waals surface area contributed by atoms with Gasteiger partial charge in [0, 0.05) is 18.7 Å².